The second-order valence-corrected chi connectivity index (χ2v) is 2.66. The minimum absolute atomic E-state index is 0.353. The number of aromatic hydroxyl groups is 1. The van der Waals surface area contributed by atoms with E-state index in [2.05, 4.69) is 0 Å². The van der Waals surface area contributed by atoms with Crippen molar-refractivity contribution in [2.45, 2.75) is 13.3 Å². The van der Waals surface area contributed by atoms with Crippen LogP contribution in [0.2, 0.25) is 0 Å². The van der Waals surface area contributed by atoms with Crippen LogP contribution in [0.3, 0.4) is 0 Å². The van der Waals surface area contributed by atoms with Gasteiger partial charge in [-0.15, -0.1) is 0 Å². The maximum absolute atomic E-state index is 9.18. The van der Waals surface area contributed by atoms with Gasteiger partial charge >= 0.3 is 0 Å². The van der Waals surface area contributed by atoms with Crippen molar-refractivity contribution in [3.63, 3.8) is 0 Å². The van der Waals surface area contributed by atoms with Crippen molar-refractivity contribution in [2.75, 3.05) is 6.54 Å². The van der Waals surface area contributed by atoms with E-state index < -0.39 is 0 Å². The molecule has 3 N–H and O–H groups in total. The van der Waals surface area contributed by atoms with Gasteiger partial charge < -0.3 is 10.8 Å². The minimum Gasteiger partial charge on any atom is -0.508 e. The normalized spacial score (nSPS) is 10.0. The Bertz CT molecular complexity index is 245. The number of hydrogen-bond acceptors (Lipinski definition) is 2. The summed E-state index contributed by atoms with van der Waals surface area (Å²) in [7, 11) is 0. The first-order valence-electron chi connectivity index (χ1n) is 3.72. The van der Waals surface area contributed by atoms with E-state index in [4.69, 9.17) is 5.73 Å². The van der Waals surface area contributed by atoms with Gasteiger partial charge in [0.2, 0.25) is 0 Å². The molecule has 0 unspecified atom stereocenters. The molecule has 60 valence electrons. The summed E-state index contributed by atoms with van der Waals surface area (Å²) in [4.78, 5) is 0. The van der Waals surface area contributed by atoms with Gasteiger partial charge in [-0.3, -0.25) is 0 Å². The van der Waals surface area contributed by atoms with Gasteiger partial charge in [-0.1, -0.05) is 12.1 Å². The Hall–Kier alpha value is -1.02. The van der Waals surface area contributed by atoms with Crippen molar-refractivity contribution in [1.82, 2.24) is 0 Å². The zero-order valence-corrected chi connectivity index (χ0v) is 6.67. The molecular formula is C9H13NO. The quantitative estimate of drug-likeness (QED) is 0.667. The molecule has 0 fully saturated rings. The summed E-state index contributed by atoms with van der Waals surface area (Å²) in [6, 6.07) is 5.57. The average molecular weight is 151 g/mol. The van der Waals surface area contributed by atoms with Gasteiger partial charge in [-0.05, 0) is 37.1 Å². The number of aryl methyl sites for hydroxylation is 1. The van der Waals surface area contributed by atoms with E-state index in [1.54, 1.807) is 6.07 Å². The Balaban J connectivity index is 2.86. The highest BCUT2D eigenvalue weighted by Gasteiger charge is 1.96. The molecule has 0 aliphatic heterocycles. The molecule has 0 aliphatic carbocycles. The lowest BCUT2D eigenvalue weighted by Crippen LogP contribution is -2.02. The van der Waals surface area contributed by atoms with Gasteiger partial charge in [0.15, 0.2) is 0 Å². The number of nitrogens with two attached hydrogens (primary N) is 1. The Kier molecular flexibility index (Phi) is 2.49. The molecule has 0 amide bonds. The third-order valence-electron chi connectivity index (χ3n) is 1.69. The van der Waals surface area contributed by atoms with Crippen molar-refractivity contribution < 1.29 is 5.11 Å². The van der Waals surface area contributed by atoms with Crippen LogP contribution in [-0.2, 0) is 6.42 Å². The lowest BCUT2D eigenvalue weighted by molar-refractivity contribution is 0.471. The van der Waals surface area contributed by atoms with Gasteiger partial charge in [0.1, 0.15) is 5.75 Å². The smallest absolute Gasteiger partial charge is 0.118 e. The fraction of sp³-hybridized carbons (Fsp3) is 0.333. The first-order chi connectivity index (χ1) is 5.24. The molecule has 0 saturated heterocycles. The number of phenols is 1. The summed E-state index contributed by atoms with van der Waals surface area (Å²) in [6.07, 6.45) is 0.876. The predicted molar refractivity (Wildman–Crippen MR) is 45.6 cm³/mol. The fourth-order valence-electron chi connectivity index (χ4n) is 1.04. The second-order valence-electron chi connectivity index (χ2n) is 2.66. The molecule has 0 aromatic heterocycles. The van der Waals surface area contributed by atoms with E-state index in [1.807, 2.05) is 19.1 Å². The zero-order chi connectivity index (χ0) is 8.27. The third-order valence-corrected chi connectivity index (χ3v) is 1.69. The SMILES string of the molecule is Cc1cc(CCN)ccc1O. The maximum Gasteiger partial charge on any atom is 0.118 e. The number of benzene rings is 1. The molecule has 11 heavy (non-hydrogen) atoms. The topological polar surface area (TPSA) is 46.2 Å². The van der Waals surface area contributed by atoms with Crippen molar-refractivity contribution >= 4 is 0 Å². The van der Waals surface area contributed by atoms with Crippen LogP contribution in [0.5, 0.6) is 5.75 Å². The Morgan fingerprint density at radius 1 is 1.45 bits per heavy atom. The van der Waals surface area contributed by atoms with E-state index in [1.165, 1.54) is 5.56 Å². The van der Waals surface area contributed by atoms with Crippen LogP contribution in [0.1, 0.15) is 11.1 Å². The molecule has 0 radical (unpaired) electrons. The molecule has 0 atom stereocenters. The van der Waals surface area contributed by atoms with E-state index in [9.17, 15) is 5.11 Å². The highest BCUT2D eigenvalue weighted by molar-refractivity contribution is 5.34. The zero-order valence-electron chi connectivity index (χ0n) is 6.67. The maximum atomic E-state index is 9.18. The van der Waals surface area contributed by atoms with Crippen LogP contribution < -0.4 is 5.73 Å². The molecular weight excluding hydrogens is 138 g/mol. The molecule has 1 rings (SSSR count). The van der Waals surface area contributed by atoms with Gasteiger partial charge in [0.25, 0.3) is 0 Å². The second kappa shape index (κ2) is 3.39. The lowest BCUT2D eigenvalue weighted by atomic mass is 10.1. The van der Waals surface area contributed by atoms with Crippen molar-refractivity contribution in [2.24, 2.45) is 5.73 Å². The molecule has 2 nitrogen and oxygen atoms in total. The molecule has 0 bridgehead atoms. The van der Waals surface area contributed by atoms with Crippen LogP contribution in [0.25, 0.3) is 0 Å². The van der Waals surface area contributed by atoms with Crippen LogP contribution in [0.4, 0.5) is 0 Å². The summed E-state index contributed by atoms with van der Waals surface area (Å²) < 4.78 is 0. The highest BCUT2D eigenvalue weighted by Crippen LogP contribution is 2.16. The predicted octanol–water partition coefficient (Wildman–Crippen LogP) is 1.20. The molecule has 0 aliphatic rings. The Morgan fingerprint density at radius 3 is 2.73 bits per heavy atom. The summed E-state index contributed by atoms with van der Waals surface area (Å²) in [6.45, 7) is 2.54. The summed E-state index contributed by atoms with van der Waals surface area (Å²) in [5.41, 5.74) is 7.48. The number of rotatable bonds is 2. The Morgan fingerprint density at radius 2 is 2.18 bits per heavy atom. The third kappa shape index (κ3) is 1.95. The first-order valence-corrected chi connectivity index (χ1v) is 3.72. The molecule has 0 spiro atoms. The monoisotopic (exact) mass is 151 g/mol. The fourth-order valence-corrected chi connectivity index (χ4v) is 1.04. The van der Waals surface area contributed by atoms with E-state index in [0.29, 0.717) is 12.3 Å². The van der Waals surface area contributed by atoms with Gasteiger partial charge in [0.05, 0.1) is 0 Å². The lowest BCUT2D eigenvalue weighted by Gasteiger charge is -2.01. The van der Waals surface area contributed by atoms with E-state index in [-0.39, 0.29) is 0 Å². The first kappa shape index (κ1) is 8.08. The number of phenolic OH excluding ortho intramolecular Hbond substituents is 1. The van der Waals surface area contributed by atoms with E-state index in [0.717, 1.165) is 12.0 Å². The largest absolute Gasteiger partial charge is 0.508 e. The van der Waals surface area contributed by atoms with Gasteiger partial charge in [0, 0.05) is 0 Å². The van der Waals surface area contributed by atoms with E-state index >= 15 is 0 Å². The van der Waals surface area contributed by atoms with Gasteiger partial charge in [-0.25, -0.2) is 0 Å². The molecule has 0 saturated carbocycles. The standard InChI is InChI=1S/C9H13NO/c1-7-6-8(4-5-10)2-3-9(7)11/h2-3,6,11H,4-5,10H2,1H3. The highest BCUT2D eigenvalue weighted by atomic mass is 16.3. The number of hydrogen-bond donors (Lipinski definition) is 2. The summed E-state index contributed by atoms with van der Waals surface area (Å²) >= 11 is 0. The van der Waals surface area contributed by atoms with Crippen LogP contribution in [0, 0.1) is 6.92 Å². The average Bonchev–Trinajstić information content (AvgIpc) is 1.98. The van der Waals surface area contributed by atoms with Crippen molar-refractivity contribution in [3.8, 4) is 5.75 Å². The van der Waals surface area contributed by atoms with Gasteiger partial charge in [-0.2, -0.15) is 0 Å². The van der Waals surface area contributed by atoms with Crippen molar-refractivity contribution in [1.29, 1.82) is 0 Å². The molecule has 0 heterocycles. The van der Waals surface area contributed by atoms with Crippen LogP contribution in [0.15, 0.2) is 18.2 Å². The molecule has 1 aromatic rings. The minimum atomic E-state index is 0.353. The molecule has 2 heteroatoms. The van der Waals surface area contributed by atoms with Crippen molar-refractivity contribution in [3.05, 3.63) is 29.3 Å². The summed E-state index contributed by atoms with van der Waals surface area (Å²) in [5.74, 6) is 0.353. The van der Waals surface area contributed by atoms with Crippen LogP contribution in [-0.4, -0.2) is 11.7 Å². The summed E-state index contributed by atoms with van der Waals surface area (Å²) in [5, 5.41) is 9.18. The van der Waals surface area contributed by atoms with Crippen LogP contribution >= 0.6 is 0 Å². The molecule has 1 aromatic carbocycles. The Labute approximate surface area is 66.7 Å².